The van der Waals surface area contributed by atoms with Gasteiger partial charge in [-0.3, -0.25) is 9.55 Å². The van der Waals surface area contributed by atoms with Crippen LogP contribution in [-0.4, -0.2) is 19.6 Å². The Labute approximate surface area is 207 Å². The molecule has 4 heterocycles. The van der Waals surface area contributed by atoms with Crippen LogP contribution in [0.4, 0.5) is 5.69 Å². The topological polar surface area (TPSA) is 46.0 Å². The Morgan fingerprint density at radius 1 is 0.941 bits per heavy atom. The number of aromatic nitrogens is 3. The molecule has 168 valence electrons. The second kappa shape index (κ2) is 8.34. The van der Waals surface area contributed by atoms with Gasteiger partial charge in [-0.2, -0.15) is 0 Å². The average molecular weight is 482 g/mol. The van der Waals surface area contributed by atoms with Crippen molar-refractivity contribution in [3.8, 4) is 5.13 Å². The molecule has 0 aliphatic carbocycles. The van der Waals surface area contributed by atoms with Crippen LogP contribution >= 0.6 is 23.6 Å². The van der Waals surface area contributed by atoms with Gasteiger partial charge < -0.3 is 10.2 Å². The van der Waals surface area contributed by atoms with Gasteiger partial charge in [0, 0.05) is 18.1 Å². The summed E-state index contributed by atoms with van der Waals surface area (Å²) in [7, 11) is 0. The number of fused-ring (bicyclic) bond motifs is 1. The minimum atomic E-state index is -0.0988. The highest BCUT2D eigenvalue weighted by atomic mass is 32.1. The van der Waals surface area contributed by atoms with Gasteiger partial charge in [0.1, 0.15) is 6.04 Å². The number of rotatable bonds is 4. The number of aryl methyl sites for hydroxylation is 2. The summed E-state index contributed by atoms with van der Waals surface area (Å²) >= 11 is 7.60. The number of hydrogen-bond donors (Lipinski definition) is 1. The maximum Gasteiger partial charge on any atom is 0.194 e. The van der Waals surface area contributed by atoms with E-state index in [1.165, 1.54) is 15.8 Å². The summed E-state index contributed by atoms with van der Waals surface area (Å²) in [6.07, 6.45) is 3.92. The molecule has 2 atom stereocenters. The first-order valence-corrected chi connectivity index (χ1v) is 12.4. The molecule has 1 N–H and O–H groups in total. The summed E-state index contributed by atoms with van der Waals surface area (Å²) in [5.74, 6) is 0. The summed E-state index contributed by atoms with van der Waals surface area (Å²) in [5, 5.41) is 5.20. The molecular weight excluding hydrogens is 458 g/mol. The third-order valence-electron chi connectivity index (χ3n) is 6.44. The van der Waals surface area contributed by atoms with E-state index >= 15 is 0 Å². The van der Waals surface area contributed by atoms with Gasteiger partial charge in [0.25, 0.3) is 0 Å². The number of pyridine rings is 1. The lowest BCUT2D eigenvalue weighted by Crippen LogP contribution is -2.30. The van der Waals surface area contributed by atoms with Crippen molar-refractivity contribution >= 4 is 44.6 Å². The fraction of sp³-hybridized carbons (Fsp3) is 0.148. The van der Waals surface area contributed by atoms with E-state index in [2.05, 4.69) is 94.4 Å². The quantitative estimate of drug-likeness (QED) is 0.306. The molecule has 1 aliphatic rings. The van der Waals surface area contributed by atoms with Crippen LogP contribution in [0.15, 0.2) is 85.2 Å². The van der Waals surface area contributed by atoms with Crippen molar-refractivity contribution in [1.82, 2.24) is 19.9 Å². The number of anilines is 1. The Hall–Kier alpha value is -3.55. The SMILES string of the molecule is Cc1ccc(N2C(=S)N[C@H](c3ccccn3)[C@@H]2c2cccn2-c2nc3ccccc3s2)cc1C. The first-order chi connectivity index (χ1) is 16.6. The lowest BCUT2D eigenvalue weighted by Gasteiger charge is -2.29. The van der Waals surface area contributed by atoms with Crippen molar-refractivity contribution in [3.05, 3.63) is 108 Å². The van der Waals surface area contributed by atoms with Crippen LogP contribution < -0.4 is 10.2 Å². The number of thiocarbonyl (C=S) groups is 1. The lowest BCUT2D eigenvalue weighted by molar-refractivity contribution is 0.549. The largest absolute Gasteiger partial charge is 0.351 e. The minimum Gasteiger partial charge on any atom is -0.351 e. The van der Waals surface area contributed by atoms with Crippen molar-refractivity contribution < 1.29 is 0 Å². The molecule has 5 nitrogen and oxygen atoms in total. The highest BCUT2D eigenvalue weighted by molar-refractivity contribution is 7.80. The standard InChI is InChI=1S/C27H23N5S2/c1-17-12-13-19(16-18(17)2)32-25(24(30-26(32)33)21-9-5-6-14-28-21)22-10-7-15-31(22)27-29-20-8-3-4-11-23(20)34-27/h3-16,24-25H,1-2H3,(H,30,33)/t24-,25+/m1/s1. The summed E-state index contributed by atoms with van der Waals surface area (Å²) < 4.78 is 3.36. The fourth-order valence-electron chi connectivity index (χ4n) is 4.58. The smallest absolute Gasteiger partial charge is 0.194 e. The van der Waals surface area contributed by atoms with Crippen molar-refractivity contribution in [1.29, 1.82) is 0 Å². The van der Waals surface area contributed by atoms with Crippen LogP contribution in [0.1, 0.15) is 34.6 Å². The monoisotopic (exact) mass is 481 g/mol. The first-order valence-electron chi connectivity index (χ1n) is 11.2. The average Bonchev–Trinajstić information content (AvgIpc) is 3.57. The van der Waals surface area contributed by atoms with Gasteiger partial charge in [0.2, 0.25) is 0 Å². The van der Waals surface area contributed by atoms with E-state index in [-0.39, 0.29) is 12.1 Å². The van der Waals surface area contributed by atoms with Gasteiger partial charge in [-0.15, -0.1) is 0 Å². The molecule has 7 heteroatoms. The van der Waals surface area contributed by atoms with Crippen LogP contribution in [0.5, 0.6) is 0 Å². The van der Waals surface area contributed by atoms with E-state index in [4.69, 9.17) is 17.2 Å². The molecule has 0 unspecified atom stereocenters. The number of nitrogens with one attached hydrogen (secondary N) is 1. The molecule has 0 saturated carbocycles. The number of nitrogens with zero attached hydrogens (tertiary/aromatic N) is 4. The zero-order chi connectivity index (χ0) is 23.2. The van der Waals surface area contributed by atoms with E-state index < -0.39 is 0 Å². The Kier molecular flexibility index (Phi) is 5.16. The van der Waals surface area contributed by atoms with Gasteiger partial charge in [-0.25, -0.2) is 4.98 Å². The third kappa shape index (κ3) is 3.48. The van der Waals surface area contributed by atoms with Gasteiger partial charge in [0.05, 0.1) is 27.6 Å². The van der Waals surface area contributed by atoms with Gasteiger partial charge in [-0.05, 0) is 85.7 Å². The van der Waals surface area contributed by atoms with Crippen LogP contribution in [0.3, 0.4) is 0 Å². The normalized spacial score (nSPS) is 17.9. The second-order valence-corrected chi connectivity index (χ2v) is 9.93. The molecule has 1 saturated heterocycles. The van der Waals surface area contributed by atoms with Crippen LogP contribution in [0, 0.1) is 13.8 Å². The number of benzene rings is 2. The maximum atomic E-state index is 5.90. The summed E-state index contributed by atoms with van der Waals surface area (Å²) in [6, 6.07) is 24.8. The van der Waals surface area contributed by atoms with Gasteiger partial charge in [-0.1, -0.05) is 35.6 Å². The molecule has 34 heavy (non-hydrogen) atoms. The molecule has 3 aromatic heterocycles. The van der Waals surface area contributed by atoms with E-state index in [0.29, 0.717) is 5.11 Å². The number of hydrogen-bond acceptors (Lipinski definition) is 4. The van der Waals surface area contributed by atoms with E-state index in [1.54, 1.807) is 11.3 Å². The summed E-state index contributed by atoms with van der Waals surface area (Å²) in [6.45, 7) is 4.27. The van der Waals surface area contributed by atoms with Crippen LogP contribution in [0.2, 0.25) is 0 Å². The highest BCUT2D eigenvalue weighted by Gasteiger charge is 2.42. The first kappa shape index (κ1) is 21.0. The third-order valence-corrected chi connectivity index (χ3v) is 7.79. The zero-order valence-corrected chi connectivity index (χ0v) is 20.5. The van der Waals surface area contributed by atoms with Crippen molar-refractivity contribution in [2.75, 3.05) is 4.90 Å². The molecule has 6 rings (SSSR count). The van der Waals surface area contributed by atoms with Gasteiger partial charge >= 0.3 is 0 Å². The molecule has 0 spiro atoms. The maximum absolute atomic E-state index is 5.90. The van der Waals surface area contributed by atoms with Crippen molar-refractivity contribution in [3.63, 3.8) is 0 Å². The molecule has 5 aromatic rings. The molecule has 1 aliphatic heterocycles. The summed E-state index contributed by atoms with van der Waals surface area (Å²) in [5.41, 5.74) is 6.65. The molecule has 0 amide bonds. The van der Waals surface area contributed by atoms with E-state index in [0.717, 1.165) is 27.7 Å². The number of thiazole rings is 1. The molecule has 0 bridgehead atoms. The Morgan fingerprint density at radius 3 is 2.59 bits per heavy atom. The predicted octanol–water partition coefficient (Wildman–Crippen LogP) is 6.28. The summed E-state index contributed by atoms with van der Waals surface area (Å²) in [4.78, 5) is 11.8. The van der Waals surface area contributed by atoms with Gasteiger partial charge in [0.15, 0.2) is 10.2 Å². The lowest BCUT2D eigenvalue weighted by atomic mass is 10.0. The molecule has 2 aromatic carbocycles. The van der Waals surface area contributed by atoms with Crippen molar-refractivity contribution in [2.24, 2.45) is 0 Å². The van der Waals surface area contributed by atoms with Crippen LogP contribution in [-0.2, 0) is 0 Å². The predicted molar refractivity (Wildman–Crippen MR) is 143 cm³/mol. The Morgan fingerprint density at radius 2 is 1.79 bits per heavy atom. The molecule has 0 radical (unpaired) electrons. The second-order valence-electron chi connectivity index (χ2n) is 8.53. The Balaban J connectivity index is 1.52. The van der Waals surface area contributed by atoms with Crippen LogP contribution in [0.25, 0.3) is 15.3 Å². The molecular formula is C27H23N5S2. The molecule has 1 fully saturated rings. The van der Waals surface area contributed by atoms with E-state index in [9.17, 15) is 0 Å². The minimum absolute atomic E-state index is 0.0912. The zero-order valence-electron chi connectivity index (χ0n) is 18.8. The fourth-order valence-corrected chi connectivity index (χ4v) is 5.90. The highest BCUT2D eigenvalue weighted by Crippen LogP contribution is 2.43. The number of para-hydroxylation sites is 1. The van der Waals surface area contributed by atoms with Crippen molar-refractivity contribution in [2.45, 2.75) is 25.9 Å². The Bertz CT molecular complexity index is 1470. The van der Waals surface area contributed by atoms with E-state index in [1.807, 2.05) is 24.4 Å².